The van der Waals surface area contributed by atoms with E-state index in [9.17, 15) is 8.42 Å². The Balaban J connectivity index is 2.16. The average Bonchev–Trinajstić information content (AvgIpc) is 3.14. The third-order valence-electron chi connectivity index (χ3n) is 3.54. The van der Waals surface area contributed by atoms with E-state index in [0.29, 0.717) is 22.8 Å². The highest BCUT2D eigenvalue weighted by molar-refractivity contribution is 9.10. The second-order valence-electron chi connectivity index (χ2n) is 5.44. The normalized spacial score (nSPS) is 21.3. The van der Waals surface area contributed by atoms with Gasteiger partial charge in [-0.25, -0.2) is 18.1 Å². The molecule has 2 unspecified atom stereocenters. The first-order valence-electron chi connectivity index (χ1n) is 7.39. The maximum absolute atomic E-state index is 12.6. The van der Waals surface area contributed by atoms with Crippen molar-refractivity contribution in [1.82, 2.24) is 9.71 Å². The number of anilines is 1. The van der Waals surface area contributed by atoms with Crippen molar-refractivity contribution in [3.05, 3.63) is 16.7 Å². The van der Waals surface area contributed by atoms with Crippen LogP contribution in [0.5, 0.6) is 0 Å². The van der Waals surface area contributed by atoms with Crippen LogP contribution >= 0.6 is 15.9 Å². The number of pyridine rings is 1. The predicted molar refractivity (Wildman–Crippen MR) is 87.8 cm³/mol. The summed E-state index contributed by atoms with van der Waals surface area (Å²) in [5.74, 6) is 0.900. The van der Waals surface area contributed by atoms with Crippen LogP contribution in [-0.4, -0.2) is 26.0 Å². The summed E-state index contributed by atoms with van der Waals surface area (Å²) in [6.45, 7) is 4.84. The average molecular weight is 376 g/mol. The molecule has 0 bridgehead atoms. The van der Waals surface area contributed by atoms with Crippen LogP contribution < -0.4 is 10.0 Å². The first kappa shape index (κ1) is 16.7. The lowest BCUT2D eigenvalue weighted by Crippen LogP contribution is -2.28. The van der Waals surface area contributed by atoms with E-state index in [2.05, 4.69) is 37.9 Å². The Hall–Kier alpha value is -0.660. The van der Waals surface area contributed by atoms with Gasteiger partial charge in [0, 0.05) is 23.3 Å². The van der Waals surface area contributed by atoms with E-state index in [0.717, 1.165) is 25.7 Å². The van der Waals surface area contributed by atoms with E-state index in [-0.39, 0.29) is 10.9 Å². The minimum absolute atomic E-state index is 0.0768. The maximum atomic E-state index is 12.6. The van der Waals surface area contributed by atoms with Crippen LogP contribution in [0.2, 0.25) is 0 Å². The number of hydrogen-bond donors (Lipinski definition) is 2. The molecule has 2 rings (SSSR count). The number of rotatable bonds is 8. The molecule has 118 valence electrons. The summed E-state index contributed by atoms with van der Waals surface area (Å²) in [6, 6.07) is 1.68. The molecular formula is C14H22BrN3O2S. The molecule has 0 aliphatic heterocycles. The van der Waals surface area contributed by atoms with E-state index in [1.165, 1.54) is 0 Å². The van der Waals surface area contributed by atoms with Crippen LogP contribution in [-0.2, 0) is 10.0 Å². The van der Waals surface area contributed by atoms with Crippen LogP contribution in [0.15, 0.2) is 21.6 Å². The molecule has 1 fully saturated rings. The Kier molecular flexibility index (Phi) is 5.62. The highest BCUT2D eigenvalue weighted by Gasteiger charge is 2.39. The van der Waals surface area contributed by atoms with Gasteiger partial charge in [-0.3, -0.25) is 0 Å². The van der Waals surface area contributed by atoms with E-state index in [1.54, 1.807) is 12.3 Å². The van der Waals surface area contributed by atoms with E-state index >= 15 is 0 Å². The van der Waals surface area contributed by atoms with E-state index in [1.807, 2.05) is 6.92 Å². The van der Waals surface area contributed by atoms with Crippen molar-refractivity contribution < 1.29 is 8.42 Å². The molecule has 7 heteroatoms. The smallest absolute Gasteiger partial charge is 0.244 e. The molecule has 1 heterocycles. The molecule has 0 amide bonds. The molecule has 0 aromatic carbocycles. The third-order valence-corrected chi connectivity index (χ3v) is 5.48. The summed E-state index contributed by atoms with van der Waals surface area (Å²) in [7, 11) is -3.54. The number of hydrogen-bond acceptors (Lipinski definition) is 4. The molecule has 5 nitrogen and oxygen atoms in total. The topological polar surface area (TPSA) is 71.1 Å². The molecule has 2 atom stereocenters. The molecule has 0 spiro atoms. The van der Waals surface area contributed by atoms with Gasteiger partial charge >= 0.3 is 0 Å². The van der Waals surface area contributed by atoms with Crippen molar-refractivity contribution in [2.45, 2.75) is 50.5 Å². The van der Waals surface area contributed by atoms with E-state index < -0.39 is 10.0 Å². The number of aromatic nitrogens is 1. The van der Waals surface area contributed by atoms with Crippen molar-refractivity contribution >= 4 is 31.8 Å². The zero-order valence-corrected chi connectivity index (χ0v) is 14.8. The standard InChI is InChI=1S/C14H22BrN3O2S/c1-3-5-10-7-12(10)18-21(19,20)13-8-11(15)9-17-14(13)16-6-4-2/h8-10,12,18H,3-7H2,1-2H3,(H,16,17). The second kappa shape index (κ2) is 7.07. The minimum atomic E-state index is -3.54. The summed E-state index contributed by atoms with van der Waals surface area (Å²) in [5.41, 5.74) is 0. The van der Waals surface area contributed by atoms with Gasteiger partial charge in [0.15, 0.2) is 0 Å². The second-order valence-corrected chi connectivity index (χ2v) is 8.04. The SMILES string of the molecule is CCCNc1ncc(Br)cc1S(=O)(=O)NC1CC1CCC. The molecule has 1 aromatic rings. The minimum Gasteiger partial charge on any atom is -0.369 e. The quantitative estimate of drug-likeness (QED) is 0.731. The molecule has 1 aliphatic carbocycles. The molecule has 1 saturated carbocycles. The van der Waals surface area contributed by atoms with Crippen LogP contribution in [0.25, 0.3) is 0 Å². The summed E-state index contributed by atoms with van der Waals surface area (Å²) in [4.78, 5) is 4.40. The number of halogens is 1. The first-order chi connectivity index (χ1) is 9.97. The first-order valence-corrected chi connectivity index (χ1v) is 9.67. The van der Waals surface area contributed by atoms with Gasteiger partial charge in [0.25, 0.3) is 0 Å². The van der Waals surface area contributed by atoms with Crippen molar-refractivity contribution in [2.75, 3.05) is 11.9 Å². The van der Waals surface area contributed by atoms with Crippen molar-refractivity contribution in [3.8, 4) is 0 Å². The molecule has 1 aliphatic rings. The van der Waals surface area contributed by atoms with Crippen LogP contribution in [0.4, 0.5) is 5.82 Å². The Morgan fingerprint density at radius 3 is 2.81 bits per heavy atom. The summed E-state index contributed by atoms with van der Waals surface area (Å²) >= 11 is 3.29. The zero-order chi connectivity index (χ0) is 15.5. The Morgan fingerprint density at radius 1 is 1.38 bits per heavy atom. The number of nitrogens with one attached hydrogen (secondary N) is 2. The van der Waals surface area contributed by atoms with Gasteiger partial charge in [-0.1, -0.05) is 20.3 Å². The molecule has 1 aromatic heterocycles. The van der Waals surface area contributed by atoms with Gasteiger partial charge in [-0.2, -0.15) is 0 Å². The van der Waals surface area contributed by atoms with Crippen LogP contribution in [0, 0.1) is 5.92 Å². The molecule has 21 heavy (non-hydrogen) atoms. The van der Waals surface area contributed by atoms with Gasteiger partial charge in [-0.05, 0) is 47.2 Å². The highest BCUT2D eigenvalue weighted by Crippen LogP contribution is 2.36. The molecular weight excluding hydrogens is 354 g/mol. The largest absolute Gasteiger partial charge is 0.369 e. The molecule has 2 N–H and O–H groups in total. The molecule has 0 radical (unpaired) electrons. The van der Waals surface area contributed by atoms with Gasteiger partial charge < -0.3 is 5.32 Å². The Bertz CT molecular complexity index is 592. The summed E-state index contributed by atoms with van der Waals surface area (Å²) in [6.07, 6.45) is 5.61. The predicted octanol–water partition coefficient (Wildman–Crippen LogP) is 3.13. The molecule has 0 saturated heterocycles. The lowest BCUT2D eigenvalue weighted by Gasteiger charge is -2.12. The fourth-order valence-corrected chi connectivity index (χ4v) is 4.30. The van der Waals surface area contributed by atoms with E-state index in [4.69, 9.17) is 0 Å². The zero-order valence-electron chi connectivity index (χ0n) is 12.4. The maximum Gasteiger partial charge on any atom is 0.244 e. The number of nitrogens with zero attached hydrogens (tertiary/aromatic N) is 1. The van der Waals surface area contributed by atoms with Gasteiger partial charge in [0.05, 0.1) is 0 Å². The lowest BCUT2D eigenvalue weighted by molar-refractivity contribution is 0.573. The lowest BCUT2D eigenvalue weighted by atomic mass is 10.2. The summed E-state index contributed by atoms with van der Waals surface area (Å²) < 4.78 is 28.6. The number of sulfonamides is 1. The van der Waals surface area contributed by atoms with Crippen LogP contribution in [0.3, 0.4) is 0 Å². The monoisotopic (exact) mass is 375 g/mol. The summed E-state index contributed by atoms with van der Waals surface area (Å²) in [5, 5.41) is 3.08. The Morgan fingerprint density at radius 2 is 2.14 bits per heavy atom. The Labute approximate surface area is 135 Å². The fourth-order valence-electron chi connectivity index (χ4n) is 2.35. The fraction of sp³-hybridized carbons (Fsp3) is 0.643. The van der Waals surface area contributed by atoms with Gasteiger partial charge in [0.2, 0.25) is 10.0 Å². The van der Waals surface area contributed by atoms with Crippen LogP contribution in [0.1, 0.15) is 39.5 Å². The van der Waals surface area contributed by atoms with Crippen molar-refractivity contribution in [2.24, 2.45) is 5.92 Å². The van der Waals surface area contributed by atoms with Crippen molar-refractivity contribution in [3.63, 3.8) is 0 Å². The highest BCUT2D eigenvalue weighted by atomic mass is 79.9. The third kappa shape index (κ3) is 4.40. The van der Waals surface area contributed by atoms with Crippen molar-refractivity contribution in [1.29, 1.82) is 0 Å². The van der Waals surface area contributed by atoms with Gasteiger partial charge in [-0.15, -0.1) is 0 Å². The van der Waals surface area contributed by atoms with Gasteiger partial charge in [0.1, 0.15) is 10.7 Å².